The number of amides is 1. The van der Waals surface area contributed by atoms with E-state index in [4.69, 9.17) is 14.2 Å². The van der Waals surface area contributed by atoms with Gasteiger partial charge in [-0.05, 0) is 44.2 Å². The van der Waals surface area contributed by atoms with Gasteiger partial charge in [-0.15, -0.1) is 11.3 Å². The molecule has 1 heterocycles. The first kappa shape index (κ1) is 22.8. The zero-order chi connectivity index (χ0) is 22.2. The lowest BCUT2D eigenvalue weighted by Crippen LogP contribution is -2.20. The van der Waals surface area contributed by atoms with Crippen molar-refractivity contribution in [3.8, 4) is 22.8 Å². The predicted molar refractivity (Wildman–Crippen MR) is 123 cm³/mol. The van der Waals surface area contributed by atoms with Crippen molar-refractivity contribution in [3.63, 3.8) is 0 Å². The molecular formula is C22H21BrN2O5S. The van der Waals surface area contributed by atoms with Crippen LogP contribution in [0.5, 0.6) is 11.5 Å². The van der Waals surface area contributed by atoms with E-state index in [9.17, 15) is 9.59 Å². The normalized spacial score (nSPS) is 10.4. The Morgan fingerprint density at radius 3 is 2.58 bits per heavy atom. The van der Waals surface area contributed by atoms with E-state index in [1.54, 1.807) is 18.2 Å². The third kappa shape index (κ3) is 6.28. The van der Waals surface area contributed by atoms with E-state index in [1.807, 2.05) is 43.5 Å². The molecule has 0 atom stereocenters. The van der Waals surface area contributed by atoms with Crippen molar-refractivity contribution in [1.82, 2.24) is 4.98 Å². The lowest BCUT2D eigenvalue weighted by molar-refractivity contribution is -0.119. The van der Waals surface area contributed by atoms with Gasteiger partial charge in [-0.2, -0.15) is 0 Å². The number of hydrogen-bond acceptors (Lipinski definition) is 7. The van der Waals surface area contributed by atoms with Crippen molar-refractivity contribution in [2.75, 3.05) is 25.1 Å². The van der Waals surface area contributed by atoms with Gasteiger partial charge in [-0.1, -0.05) is 28.1 Å². The van der Waals surface area contributed by atoms with Crippen LogP contribution in [0.3, 0.4) is 0 Å². The Balaban J connectivity index is 1.57. The highest BCUT2D eigenvalue weighted by molar-refractivity contribution is 9.10. The molecule has 0 bridgehead atoms. The molecule has 3 aromatic rings. The third-order valence-electron chi connectivity index (χ3n) is 3.98. The third-order valence-corrected chi connectivity index (χ3v) is 5.24. The molecule has 0 unspecified atom stereocenters. The molecule has 2 aromatic carbocycles. The van der Waals surface area contributed by atoms with Crippen LogP contribution in [0.2, 0.25) is 0 Å². The van der Waals surface area contributed by atoms with Crippen molar-refractivity contribution in [3.05, 3.63) is 57.9 Å². The van der Waals surface area contributed by atoms with Crippen molar-refractivity contribution in [1.29, 1.82) is 0 Å². The van der Waals surface area contributed by atoms with Crippen LogP contribution in [-0.2, 0) is 9.53 Å². The Labute approximate surface area is 192 Å². The average molecular weight is 505 g/mol. The van der Waals surface area contributed by atoms with E-state index in [0.717, 1.165) is 15.7 Å². The van der Waals surface area contributed by atoms with E-state index in [2.05, 4.69) is 26.2 Å². The zero-order valence-corrected chi connectivity index (χ0v) is 19.4. The Bertz CT molecular complexity index is 1070. The largest absolute Gasteiger partial charge is 0.490 e. The fourth-order valence-electron chi connectivity index (χ4n) is 2.66. The van der Waals surface area contributed by atoms with Crippen LogP contribution in [-0.4, -0.2) is 36.7 Å². The highest BCUT2D eigenvalue weighted by atomic mass is 79.9. The van der Waals surface area contributed by atoms with Crippen LogP contribution in [0.4, 0.5) is 5.13 Å². The first-order chi connectivity index (χ1) is 15.0. The van der Waals surface area contributed by atoms with E-state index >= 15 is 0 Å². The highest BCUT2D eigenvalue weighted by Crippen LogP contribution is 2.29. The summed E-state index contributed by atoms with van der Waals surface area (Å²) in [6.07, 6.45) is 0. The topological polar surface area (TPSA) is 86.8 Å². The van der Waals surface area contributed by atoms with Gasteiger partial charge in [0.25, 0.3) is 5.91 Å². The monoisotopic (exact) mass is 504 g/mol. The summed E-state index contributed by atoms with van der Waals surface area (Å²) in [5, 5.41) is 4.92. The minimum Gasteiger partial charge on any atom is -0.490 e. The van der Waals surface area contributed by atoms with Gasteiger partial charge < -0.3 is 14.2 Å². The second kappa shape index (κ2) is 10.9. The van der Waals surface area contributed by atoms with Crippen LogP contribution in [0.1, 0.15) is 24.2 Å². The second-order valence-corrected chi connectivity index (χ2v) is 7.97. The first-order valence-electron chi connectivity index (χ1n) is 9.58. The number of hydrogen-bond donors (Lipinski definition) is 1. The van der Waals surface area contributed by atoms with Gasteiger partial charge in [0.1, 0.15) is 0 Å². The van der Waals surface area contributed by atoms with Gasteiger partial charge in [0.15, 0.2) is 23.2 Å². The number of nitrogens with one attached hydrogen (secondary N) is 1. The summed E-state index contributed by atoms with van der Waals surface area (Å²) in [4.78, 5) is 28.9. The number of benzene rings is 2. The Kier molecular flexibility index (Phi) is 8.02. The maximum Gasteiger partial charge on any atom is 0.338 e. The zero-order valence-electron chi connectivity index (χ0n) is 17.0. The van der Waals surface area contributed by atoms with E-state index in [0.29, 0.717) is 29.8 Å². The molecule has 0 radical (unpaired) electrons. The highest BCUT2D eigenvalue weighted by Gasteiger charge is 2.15. The van der Waals surface area contributed by atoms with Crippen LogP contribution < -0.4 is 14.8 Å². The number of carbonyl (C=O) groups excluding carboxylic acids is 2. The van der Waals surface area contributed by atoms with Gasteiger partial charge in [0.05, 0.1) is 24.5 Å². The summed E-state index contributed by atoms with van der Waals surface area (Å²) in [7, 11) is 0. The lowest BCUT2D eigenvalue weighted by Gasteiger charge is -2.12. The number of rotatable bonds is 9. The molecule has 0 spiro atoms. The molecule has 0 saturated carbocycles. The second-order valence-electron chi connectivity index (χ2n) is 6.20. The summed E-state index contributed by atoms with van der Waals surface area (Å²) in [5.74, 6) is -0.109. The van der Waals surface area contributed by atoms with Crippen LogP contribution >= 0.6 is 27.3 Å². The fraction of sp³-hybridized carbons (Fsp3) is 0.227. The average Bonchev–Trinajstić information content (AvgIpc) is 3.22. The minimum atomic E-state index is -0.631. The Morgan fingerprint density at radius 2 is 1.84 bits per heavy atom. The van der Waals surface area contributed by atoms with E-state index < -0.39 is 18.5 Å². The van der Waals surface area contributed by atoms with Gasteiger partial charge in [0.2, 0.25) is 0 Å². The molecule has 0 saturated heterocycles. The molecule has 162 valence electrons. The molecule has 31 heavy (non-hydrogen) atoms. The van der Waals surface area contributed by atoms with Crippen LogP contribution in [0.25, 0.3) is 11.3 Å². The number of aromatic nitrogens is 1. The molecule has 1 N–H and O–H groups in total. The fourth-order valence-corrected chi connectivity index (χ4v) is 3.79. The predicted octanol–water partition coefficient (Wildman–Crippen LogP) is 5.17. The van der Waals surface area contributed by atoms with Crippen molar-refractivity contribution < 1.29 is 23.8 Å². The molecule has 0 aliphatic rings. The number of nitrogens with zero attached hydrogens (tertiary/aromatic N) is 1. The molecule has 9 heteroatoms. The number of ether oxygens (including phenoxy) is 3. The molecule has 0 fully saturated rings. The van der Waals surface area contributed by atoms with Crippen molar-refractivity contribution in [2.45, 2.75) is 13.8 Å². The molecule has 0 aliphatic carbocycles. The first-order valence-corrected chi connectivity index (χ1v) is 11.3. The van der Waals surface area contributed by atoms with Gasteiger partial charge in [-0.25, -0.2) is 9.78 Å². The molecule has 1 aromatic heterocycles. The maximum atomic E-state index is 12.3. The summed E-state index contributed by atoms with van der Waals surface area (Å²) in [5.41, 5.74) is 1.94. The Morgan fingerprint density at radius 1 is 1.06 bits per heavy atom. The number of anilines is 1. The van der Waals surface area contributed by atoms with Crippen LogP contribution in [0.15, 0.2) is 52.3 Å². The van der Waals surface area contributed by atoms with E-state index in [1.165, 1.54) is 11.3 Å². The molecular weight excluding hydrogens is 484 g/mol. The molecule has 1 amide bonds. The number of thiazole rings is 1. The smallest absolute Gasteiger partial charge is 0.338 e. The van der Waals surface area contributed by atoms with E-state index in [-0.39, 0.29) is 5.56 Å². The van der Waals surface area contributed by atoms with Gasteiger partial charge >= 0.3 is 5.97 Å². The summed E-state index contributed by atoms with van der Waals surface area (Å²) in [6.45, 7) is 4.18. The molecule has 3 rings (SSSR count). The van der Waals surface area contributed by atoms with Crippen molar-refractivity contribution >= 4 is 44.3 Å². The molecule has 0 aliphatic heterocycles. The summed E-state index contributed by atoms with van der Waals surface area (Å²) < 4.78 is 17.1. The Hall–Kier alpha value is -2.91. The van der Waals surface area contributed by atoms with Gasteiger partial charge in [-0.3, -0.25) is 10.1 Å². The van der Waals surface area contributed by atoms with Crippen molar-refractivity contribution in [2.24, 2.45) is 0 Å². The SMILES string of the molecule is CCOc1ccc(C(=O)OCC(=O)Nc2nc(-c3cccc(Br)c3)cs2)cc1OCC. The number of halogens is 1. The standard InChI is InChI=1S/C22H21BrN2O5S/c1-3-28-18-9-8-15(11-19(18)29-4-2)21(27)30-12-20(26)25-22-24-17(13-31-22)14-6-5-7-16(23)10-14/h5-11,13H,3-4,12H2,1-2H3,(H,24,25,26). The number of carbonyl (C=O) groups is 2. The maximum absolute atomic E-state index is 12.3. The lowest BCUT2D eigenvalue weighted by atomic mass is 10.2. The quantitative estimate of drug-likeness (QED) is 0.404. The molecule has 7 nitrogen and oxygen atoms in total. The summed E-state index contributed by atoms with van der Waals surface area (Å²) in [6, 6.07) is 12.5. The minimum absolute atomic E-state index is 0.269. The van der Waals surface area contributed by atoms with Gasteiger partial charge in [0, 0.05) is 15.4 Å². The number of esters is 1. The summed E-state index contributed by atoms with van der Waals surface area (Å²) >= 11 is 4.72. The van der Waals surface area contributed by atoms with Crippen LogP contribution in [0, 0.1) is 0 Å².